The van der Waals surface area contributed by atoms with E-state index in [2.05, 4.69) is 6.92 Å². The zero-order chi connectivity index (χ0) is 12.0. The Kier molecular flexibility index (Phi) is 6.04. The van der Waals surface area contributed by atoms with Crippen LogP contribution >= 0.6 is 0 Å². The van der Waals surface area contributed by atoms with Gasteiger partial charge in [-0.2, -0.15) is 0 Å². The molecule has 0 saturated heterocycles. The highest BCUT2D eigenvalue weighted by molar-refractivity contribution is 5.80. The van der Waals surface area contributed by atoms with Crippen molar-refractivity contribution in [3.63, 3.8) is 0 Å². The van der Waals surface area contributed by atoms with Gasteiger partial charge in [0.25, 0.3) is 0 Å². The van der Waals surface area contributed by atoms with Crippen molar-refractivity contribution >= 4 is 5.78 Å². The van der Waals surface area contributed by atoms with E-state index in [1.807, 2.05) is 0 Å². The number of hydrogen-bond acceptors (Lipinski definition) is 2. The largest absolute Gasteiger partial charge is 0.322 e. The fraction of sp³-hybridized carbons (Fsp3) is 0.929. The van der Waals surface area contributed by atoms with E-state index in [0.717, 1.165) is 24.7 Å². The first-order chi connectivity index (χ1) is 7.59. The highest BCUT2D eigenvalue weighted by Crippen LogP contribution is 2.34. The predicted octanol–water partition coefficient (Wildman–Crippen LogP) is 3.29. The third-order valence-corrected chi connectivity index (χ3v) is 3.75. The highest BCUT2D eigenvalue weighted by atomic mass is 16.1. The molecule has 2 nitrogen and oxygen atoms in total. The summed E-state index contributed by atoms with van der Waals surface area (Å²) >= 11 is 0. The average Bonchev–Trinajstić information content (AvgIpc) is 3.04. The summed E-state index contributed by atoms with van der Waals surface area (Å²) in [6, 6.07) is -0.228. The van der Waals surface area contributed by atoms with Gasteiger partial charge >= 0.3 is 0 Å². The van der Waals surface area contributed by atoms with E-state index in [1.54, 1.807) is 6.92 Å². The zero-order valence-corrected chi connectivity index (χ0v) is 10.9. The molecule has 0 amide bonds. The monoisotopic (exact) mass is 225 g/mol. The molecule has 0 aromatic rings. The molecule has 0 radical (unpaired) electrons. The Labute approximate surface area is 100.0 Å². The summed E-state index contributed by atoms with van der Waals surface area (Å²) in [6.45, 7) is 3.87. The Morgan fingerprint density at radius 2 is 1.94 bits per heavy atom. The molecule has 0 unspecified atom stereocenters. The van der Waals surface area contributed by atoms with Crippen molar-refractivity contribution in [2.24, 2.45) is 17.6 Å². The van der Waals surface area contributed by atoms with Crippen molar-refractivity contribution in [3.05, 3.63) is 0 Å². The molecule has 1 aliphatic rings. The lowest BCUT2D eigenvalue weighted by Crippen LogP contribution is -2.28. The quantitative estimate of drug-likeness (QED) is 0.612. The van der Waals surface area contributed by atoms with Crippen LogP contribution in [0, 0.1) is 11.8 Å². The van der Waals surface area contributed by atoms with Gasteiger partial charge in [-0.1, -0.05) is 45.4 Å². The Bertz CT molecular complexity index is 211. The minimum absolute atomic E-state index is 0.126. The first-order valence-electron chi connectivity index (χ1n) is 6.85. The lowest BCUT2D eigenvalue weighted by atomic mass is 9.95. The van der Waals surface area contributed by atoms with Crippen LogP contribution in [0.3, 0.4) is 0 Å². The normalized spacial score (nSPS) is 19.4. The second kappa shape index (κ2) is 7.05. The standard InChI is InChI=1S/C14H27NO/c1-11(7-10-14(15)12(2)16)5-3-4-6-13-8-9-13/h11,13-14H,3-10,15H2,1-2H3/t11-,14+/m1/s1. The summed E-state index contributed by atoms with van der Waals surface area (Å²) in [7, 11) is 0. The molecule has 94 valence electrons. The van der Waals surface area contributed by atoms with E-state index in [-0.39, 0.29) is 11.8 Å². The molecule has 1 rings (SSSR count). The second-order valence-electron chi connectivity index (χ2n) is 5.63. The summed E-state index contributed by atoms with van der Waals surface area (Å²) in [5, 5.41) is 0. The zero-order valence-electron chi connectivity index (χ0n) is 10.9. The molecule has 0 spiro atoms. The van der Waals surface area contributed by atoms with Gasteiger partial charge in [0.1, 0.15) is 5.78 Å². The van der Waals surface area contributed by atoms with Crippen LogP contribution in [0.4, 0.5) is 0 Å². The van der Waals surface area contributed by atoms with Gasteiger partial charge in [0.05, 0.1) is 6.04 Å². The summed E-state index contributed by atoms with van der Waals surface area (Å²) in [5.41, 5.74) is 5.72. The van der Waals surface area contributed by atoms with Crippen molar-refractivity contribution in [1.29, 1.82) is 0 Å². The summed E-state index contributed by atoms with van der Waals surface area (Å²) in [5.74, 6) is 1.92. The fourth-order valence-electron chi connectivity index (χ4n) is 2.14. The lowest BCUT2D eigenvalue weighted by Gasteiger charge is -2.13. The molecule has 0 aromatic carbocycles. The van der Waals surface area contributed by atoms with Gasteiger partial charge in [-0.25, -0.2) is 0 Å². The van der Waals surface area contributed by atoms with E-state index in [9.17, 15) is 4.79 Å². The Hall–Kier alpha value is -0.370. The van der Waals surface area contributed by atoms with E-state index in [4.69, 9.17) is 5.73 Å². The van der Waals surface area contributed by atoms with Gasteiger partial charge in [0.15, 0.2) is 0 Å². The van der Waals surface area contributed by atoms with Crippen molar-refractivity contribution in [2.45, 2.75) is 71.3 Å². The van der Waals surface area contributed by atoms with Crippen LogP contribution in [0.1, 0.15) is 65.2 Å². The summed E-state index contributed by atoms with van der Waals surface area (Å²) in [6.07, 6.45) is 10.4. The van der Waals surface area contributed by atoms with Crippen molar-refractivity contribution < 1.29 is 4.79 Å². The van der Waals surface area contributed by atoms with E-state index in [1.165, 1.54) is 38.5 Å². The molecule has 0 aromatic heterocycles. The number of carbonyl (C=O) groups excluding carboxylic acids is 1. The third-order valence-electron chi connectivity index (χ3n) is 3.75. The van der Waals surface area contributed by atoms with Gasteiger partial charge in [-0.05, 0) is 31.6 Å². The minimum atomic E-state index is -0.228. The van der Waals surface area contributed by atoms with Gasteiger partial charge in [-0.3, -0.25) is 4.79 Å². The van der Waals surface area contributed by atoms with Crippen molar-refractivity contribution in [3.8, 4) is 0 Å². The van der Waals surface area contributed by atoms with Crippen LogP contribution < -0.4 is 5.73 Å². The SMILES string of the molecule is CC(=O)[C@@H](N)CC[C@H](C)CCCCC1CC1. The molecule has 0 aliphatic heterocycles. The first-order valence-corrected chi connectivity index (χ1v) is 6.85. The highest BCUT2D eigenvalue weighted by Gasteiger charge is 2.20. The van der Waals surface area contributed by atoms with Gasteiger partial charge in [0, 0.05) is 0 Å². The molecule has 0 bridgehead atoms. The first kappa shape index (κ1) is 13.7. The molecule has 2 heteroatoms. The van der Waals surface area contributed by atoms with Crippen molar-refractivity contribution in [2.75, 3.05) is 0 Å². The smallest absolute Gasteiger partial charge is 0.146 e. The van der Waals surface area contributed by atoms with Crippen LogP contribution in [0.5, 0.6) is 0 Å². The number of hydrogen-bond donors (Lipinski definition) is 1. The molecule has 16 heavy (non-hydrogen) atoms. The number of carbonyl (C=O) groups is 1. The van der Waals surface area contributed by atoms with E-state index >= 15 is 0 Å². The van der Waals surface area contributed by atoms with Crippen LogP contribution in [0.25, 0.3) is 0 Å². The number of rotatable bonds is 9. The van der Waals surface area contributed by atoms with E-state index in [0.29, 0.717) is 0 Å². The molecule has 0 heterocycles. The Balaban J connectivity index is 1.92. The second-order valence-corrected chi connectivity index (χ2v) is 5.63. The third kappa shape index (κ3) is 6.26. The van der Waals surface area contributed by atoms with Gasteiger partial charge in [-0.15, -0.1) is 0 Å². The summed E-state index contributed by atoms with van der Waals surface area (Å²) < 4.78 is 0. The Morgan fingerprint density at radius 3 is 2.50 bits per heavy atom. The lowest BCUT2D eigenvalue weighted by molar-refractivity contribution is -0.118. The molecule has 2 atom stereocenters. The average molecular weight is 225 g/mol. The minimum Gasteiger partial charge on any atom is -0.322 e. The molecule has 1 aliphatic carbocycles. The van der Waals surface area contributed by atoms with Crippen LogP contribution in [0.2, 0.25) is 0 Å². The van der Waals surface area contributed by atoms with Gasteiger partial charge < -0.3 is 5.73 Å². The molecular formula is C14H27NO. The number of unbranched alkanes of at least 4 members (excludes halogenated alkanes) is 1. The Morgan fingerprint density at radius 1 is 1.25 bits per heavy atom. The van der Waals surface area contributed by atoms with Crippen LogP contribution in [0.15, 0.2) is 0 Å². The number of nitrogens with two attached hydrogens (primary N) is 1. The van der Waals surface area contributed by atoms with Crippen molar-refractivity contribution in [1.82, 2.24) is 0 Å². The molecular weight excluding hydrogens is 198 g/mol. The molecule has 1 fully saturated rings. The van der Waals surface area contributed by atoms with Gasteiger partial charge in [0.2, 0.25) is 0 Å². The van der Waals surface area contributed by atoms with Crippen LogP contribution in [-0.2, 0) is 4.79 Å². The maximum absolute atomic E-state index is 11.0. The number of Topliss-reactive ketones (excluding diaryl/α,β-unsaturated/α-hetero) is 1. The maximum atomic E-state index is 11.0. The predicted molar refractivity (Wildman–Crippen MR) is 68.2 cm³/mol. The summed E-state index contributed by atoms with van der Waals surface area (Å²) in [4.78, 5) is 11.0. The topological polar surface area (TPSA) is 43.1 Å². The fourth-order valence-corrected chi connectivity index (χ4v) is 2.14. The van der Waals surface area contributed by atoms with Crippen LogP contribution in [-0.4, -0.2) is 11.8 Å². The maximum Gasteiger partial charge on any atom is 0.146 e. The number of ketones is 1. The van der Waals surface area contributed by atoms with E-state index < -0.39 is 0 Å². The molecule has 2 N–H and O–H groups in total. The molecule has 1 saturated carbocycles.